The number of benzene rings is 1. The van der Waals surface area contributed by atoms with E-state index in [-0.39, 0.29) is 5.82 Å². The molecular formula is C11H17FN2. The van der Waals surface area contributed by atoms with Crippen molar-refractivity contribution in [2.75, 3.05) is 18.4 Å². The first-order chi connectivity index (χ1) is 6.63. The summed E-state index contributed by atoms with van der Waals surface area (Å²) >= 11 is 0. The highest BCUT2D eigenvalue weighted by molar-refractivity contribution is 5.46. The minimum absolute atomic E-state index is 0.200. The second-order valence-electron chi connectivity index (χ2n) is 3.71. The minimum atomic E-state index is -0.200. The lowest BCUT2D eigenvalue weighted by atomic mass is 10.1. The van der Waals surface area contributed by atoms with Crippen molar-refractivity contribution in [3.05, 3.63) is 29.6 Å². The number of aryl methyl sites for hydroxylation is 1. The van der Waals surface area contributed by atoms with Crippen LogP contribution in [0.1, 0.15) is 12.5 Å². The molecule has 0 radical (unpaired) electrons. The van der Waals surface area contributed by atoms with E-state index in [0.29, 0.717) is 24.7 Å². The summed E-state index contributed by atoms with van der Waals surface area (Å²) in [5, 5.41) is 3.04. The molecule has 1 aromatic rings. The maximum Gasteiger partial charge on any atom is 0.146 e. The van der Waals surface area contributed by atoms with E-state index in [4.69, 9.17) is 5.73 Å². The molecule has 0 aromatic heterocycles. The Morgan fingerprint density at radius 1 is 1.50 bits per heavy atom. The summed E-state index contributed by atoms with van der Waals surface area (Å²) in [5.74, 6) is 0.157. The molecule has 0 bridgehead atoms. The minimum Gasteiger partial charge on any atom is -0.382 e. The van der Waals surface area contributed by atoms with Gasteiger partial charge in [-0.15, -0.1) is 0 Å². The molecule has 0 aliphatic heterocycles. The molecule has 3 heteroatoms. The molecule has 3 N–H and O–H groups in total. The van der Waals surface area contributed by atoms with E-state index < -0.39 is 0 Å². The van der Waals surface area contributed by atoms with Gasteiger partial charge in [-0.25, -0.2) is 4.39 Å². The van der Waals surface area contributed by atoms with Crippen molar-refractivity contribution >= 4 is 5.69 Å². The van der Waals surface area contributed by atoms with E-state index in [1.807, 2.05) is 19.9 Å². The van der Waals surface area contributed by atoms with E-state index in [9.17, 15) is 4.39 Å². The maximum absolute atomic E-state index is 13.3. The van der Waals surface area contributed by atoms with Gasteiger partial charge in [-0.05, 0) is 37.1 Å². The van der Waals surface area contributed by atoms with Gasteiger partial charge in [0.05, 0.1) is 5.69 Å². The summed E-state index contributed by atoms with van der Waals surface area (Å²) in [6.07, 6.45) is 0. The van der Waals surface area contributed by atoms with E-state index in [1.54, 1.807) is 6.07 Å². The van der Waals surface area contributed by atoms with Crippen LogP contribution < -0.4 is 11.1 Å². The van der Waals surface area contributed by atoms with Crippen molar-refractivity contribution in [3.8, 4) is 0 Å². The van der Waals surface area contributed by atoms with E-state index in [0.717, 1.165) is 5.56 Å². The van der Waals surface area contributed by atoms with Crippen LogP contribution in [-0.4, -0.2) is 13.1 Å². The highest BCUT2D eigenvalue weighted by Crippen LogP contribution is 2.15. The van der Waals surface area contributed by atoms with Crippen LogP contribution in [0.4, 0.5) is 10.1 Å². The summed E-state index contributed by atoms with van der Waals surface area (Å²) in [4.78, 5) is 0. The summed E-state index contributed by atoms with van der Waals surface area (Å²) in [6.45, 7) is 5.21. The van der Waals surface area contributed by atoms with Crippen molar-refractivity contribution in [2.24, 2.45) is 11.7 Å². The van der Waals surface area contributed by atoms with Crippen LogP contribution >= 0.6 is 0 Å². The molecule has 1 rings (SSSR count). The zero-order valence-corrected chi connectivity index (χ0v) is 8.68. The highest BCUT2D eigenvalue weighted by atomic mass is 19.1. The number of nitrogens with one attached hydrogen (secondary N) is 1. The standard InChI is InChI=1S/C11H17FN2/c1-8-3-4-11(10(12)5-8)14-7-9(2)6-13/h3-5,9,14H,6-7,13H2,1-2H3. The molecule has 0 amide bonds. The predicted molar refractivity (Wildman–Crippen MR) is 57.8 cm³/mol. The Labute approximate surface area is 84.3 Å². The Hall–Kier alpha value is -1.09. The number of hydrogen-bond donors (Lipinski definition) is 2. The molecule has 1 aromatic carbocycles. The second-order valence-corrected chi connectivity index (χ2v) is 3.71. The third kappa shape index (κ3) is 3.00. The zero-order chi connectivity index (χ0) is 10.6. The first kappa shape index (κ1) is 11.0. The molecule has 0 saturated heterocycles. The molecular weight excluding hydrogens is 179 g/mol. The van der Waals surface area contributed by atoms with Crippen LogP contribution in [-0.2, 0) is 0 Å². The van der Waals surface area contributed by atoms with Gasteiger partial charge in [0, 0.05) is 6.54 Å². The van der Waals surface area contributed by atoms with Crippen LogP contribution in [0, 0.1) is 18.7 Å². The zero-order valence-electron chi connectivity index (χ0n) is 8.68. The monoisotopic (exact) mass is 196 g/mol. The van der Waals surface area contributed by atoms with Crippen molar-refractivity contribution in [3.63, 3.8) is 0 Å². The summed E-state index contributed by atoms with van der Waals surface area (Å²) in [6, 6.07) is 5.17. The van der Waals surface area contributed by atoms with Crippen molar-refractivity contribution < 1.29 is 4.39 Å². The van der Waals surface area contributed by atoms with Crippen LogP contribution in [0.25, 0.3) is 0 Å². The molecule has 0 aliphatic rings. The Balaban J connectivity index is 2.59. The number of halogens is 1. The van der Waals surface area contributed by atoms with Crippen LogP contribution in [0.15, 0.2) is 18.2 Å². The fourth-order valence-electron chi connectivity index (χ4n) is 1.13. The molecule has 0 heterocycles. The van der Waals surface area contributed by atoms with Gasteiger partial charge in [0.1, 0.15) is 5.82 Å². The third-order valence-corrected chi connectivity index (χ3v) is 2.17. The second kappa shape index (κ2) is 4.96. The van der Waals surface area contributed by atoms with Gasteiger partial charge in [-0.1, -0.05) is 13.0 Å². The fourth-order valence-corrected chi connectivity index (χ4v) is 1.13. The predicted octanol–water partition coefficient (Wildman–Crippen LogP) is 2.14. The SMILES string of the molecule is Cc1ccc(NCC(C)CN)c(F)c1. The Morgan fingerprint density at radius 3 is 2.79 bits per heavy atom. The van der Waals surface area contributed by atoms with Gasteiger partial charge in [-0.2, -0.15) is 0 Å². The number of rotatable bonds is 4. The first-order valence-corrected chi connectivity index (χ1v) is 4.83. The molecule has 2 nitrogen and oxygen atoms in total. The highest BCUT2D eigenvalue weighted by Gasteiger charge is 2.03. The molecule has 14 heavy (non-hydrogen) atoms. The Morgan fingerprint density at radius 2 is 2.21 bits per heavy atom. The number of nitrogens with two attached hydrogens (primary N) is 1. The molecule has 1 atom stereocenters. The maximum atomic E-state index is 13.3. The van der Waals surface area contributed by atoms with Crippen molar-refractivity contribution in [1.29, 1.82) is 0 Å². The van der Waals surface area contributed by atoms with Crippen LogP contribution in [0.3, 0.4) is 0 Å². The molecule has 1 unspecified atom stereocenters. The number of anilines is 1. The van der Waals surface area contributed by atoms with Crippen molar-refractivity contribution in [1.82, 2.24) is 0 Å². The summed E-state index contributed by atoms with van der Waals surface area (Å²) in [5.41, 5.74) is 6.95. The van der Waals surface area contributed by atoms with Gasteiger partial charge < -0.3 is 11.1 Å². The topological polar surface area (TPSA) is 38.0 Å². The third-order valence-electron chi connectivity index (χ3n) is 2.17. The van der Waals surface area contributed by atoms with Gasteiger partial charge in [0.2, 0.25) is 0 Å². The summed E-state index contributed by atoms with van der Waals surface area (Å²) in [7, 11) is 0. The van der Waals surface area contributed by atoms with E-state index in [2.05, 4.69) is 5.32 Å². The lowest BCUT2D eigenvalue weighted by Crippen LogP contribution is -2.20. The first-order valence-electron chi connectivity index (χ1n) is 4.83. The molecule has 0 saturated carbocycles. The fraction of sp³-hybridized carbons (Fsp3) is 0.455. The largest absolute Gasteiger partial charge is 0.382 e. The molecule has 78 valence electrons. The molecule has 0 spiro atoms. The lowest BCUT2D eigenvalue weighted by molar-refractivity contribution is 0.609. The van der Waals surface area contributed by atoms with Gasteiger partial charge in [-0.3, -0.25) is 0 Å². The number of hydrogen-bond acceptors (Lipinski definition) is 2. The normalized spacial score (nSPS) is 12.6. The van der Waals surface area contributed by atoms with E-state index >= 15 is 0 Å². The quantitative estimate of drug-likeness (QED) is 0.774. The van der Waals surface area contributed by atoms with Crippen LogP contribution in [0.5, 0.6) is 0 Å². The van der Waals surface area contributed by atoms with Gasteiger partial charge >= 0.3 is 0 Å². The van der Waals surface area contributed by atoms with Crippen LogP contribution in [0.2, 0.25) is 0 Å². The van der Waals surface area contributed by atoms with Gasteiger partial charge in [0.25, 0.3) is 0 Å². The van der Waals surface area contributed by atoms with Crippen molar-refractivity contribution in [2.45, 2.75) is 13.8 Å². The lowest BCUT2D eigenvalue weighted by Gasteiger charge is -2.12. The Bertz CT molecular complexity index is 299. The summed E-state index contributed by atoms with van der Waals surface area (Å²) < 4.78 is 13.3. The average molecular weight is 196 g/mol. The Kier molecular flexibility index (Phi) is 3.89. The smallest absolute Gasteiger partial charge is 0.146 e. The molecule has 0 aliphatic carbocycles. The average Bonchev–Trinajstić information content (AvgIpc) is 2.16. The van der Waals surface area contributed by atoms with Gasteiger partial charge in [0.15, 0.2) is 0 Å². The molecule has 0 fully saturated rings. The van der Waals surface area contributed by atoms with E-state index in [1.165, 1.54) is 6.07 Å².